The second-order valence-corrected chi connectivity index (χ2v) is 9.50. The summed E-state index contributed by atoms with van der Waals surface area (Å²) in [6, 6.07) is 12.9. The van der Waals surface area contributed by atoms with Crippen molar-refractivity contribution in [3.8, 4) is 0 Å². The maximum absolute atomic E-state index is 12.7. The molecule has 0 saturated carbocycles. The van der Waals surface area contributed by atoms with Gasteiger partial charge in [0.25, 0.3) is 5.56 Å². The van der Waals surface area contributed by atoms with Crippen LogP contribution in [0.15, 0.2) is 41.2 Å². The van der Waals surface area contributed by atoms with Crippen LogP contribution in [0.25, 0.3) is 10.9 Å². The van der Waals surface area contributed by atoms with E-state index in [0.717, 1.165) is 99.7 Å². The number of nitrogen functional groups attached to an aromatic ring is 1. The maximum atomic E-state index is 12.7. The number of benzene rings is 1. The van der Waals surface area contributed by atoms with E-state index in [0.29, 0.717) is 6.04 Å². The van der Waals surface area contributed by atoms with Gasteiger partial charge in [-0.25, -0.2) is 14.6 Å². The molecule has 0 spiro atoms. The number of aromatic nitrogens is 3. The van der Waals surface area contributed by atoms with E-state index in [4.69, 9.17) is 15.8 Å². The lowest BCUT2D eigenvalue weighted by Crippen LogP contribution is -2.47. The van der Waals surface area contributed by atoms with Gasteiger partial charge in [-0.15, -0.1) is 0 Å². The Balaban J connectivity index is 1.10. The van der Waals surface area contributed by atoms with Crippen molar-refractivity contribution < 1.29 is 0 Å². The van der Waals surface area contributed by atoms with Crippen LogP contribution in [-0.4, -0.2) is 65.4 Å². The summed E-state index contributed by atoms with van der Waals surface area (Å²) in [6.07, 6.45) is 5.38. The zero-order chi connectivity index (χ0) is 23.5. The molecule has 1 aromatic carbocycles. The van der Waals surface area contributed by atoms with Crippen LogP contribution in [0.1, 0.15) is 36.3 Å². The van der Waals surface area contributed by atoms with Crippen LogP contribution in [0, 0.1) is 0 Å². The molecule has 3 heterocycles. The number of fused-ring (bicyclic) bond motifs is 2. The molecule has 1 fully saturated rings. The van der Waals surface area contributed by atoms with Gasteiger partial charge in [-0.3, -0.25) is 9.69 Å². The molecule has 0 amide bonds. The first kappa shape index (κ1) is 22.8. The second-order valence-electron chi connectivity index (χ2n) is 9.50. The molecule has 3 N–H and O–H groups in total. The largest absolute Gasteiger partial charge is 0.354 e. The normalized spacial score (nSPS) is 18.9. The van der Waals surface area contributed by atoms with E-state index in [1.54, 1.807) is 0 Å². The summed E-state index contributed by atoms with van der Waals surface area (Å²) in [6.45, 7) is 5.13. The van der Waals surface area contributed by atoms with Crippen molar-refractivity contribution in [3.63, 3.8) is 0 Å². The van der Waals surface area contributed by atoms with Gasteiger partial charge in [-0.2, -0.15) is 0 Å². The summed E-state index contributed by atoms with van der Waals surface area (Å²) in [5.41, 5.74) is 2.72. The zero-order valence-corrected chi connectivity index (χ0v) is 20.0. The Morgan fingerprint density at radius 2 is 1.88 bits per heavy atom. The van der Waals surface area contributed by atoms with Crippen molar-refractivity contribution in [2.75, 3.05) is 50.5 Å². The van der Waals surface area contributed by atoms with Crippen molar-refractivity contribution in [1.29, 1.82) is 0 Å². The van der Waals surface area contributed by atoms with Gasteiger partial charge < -0.3 is 16.1 Å². The lowest BCUT2D eigenvalue weighted by Gasteiger charge is -2.35. The molecule has 0 bridgehead atoms. The molecule has 180 valence electrons. The highest BCUT2D eigenvalue weighted by Gasteiger charge is 2.23. The van der Waals surface area contributed by atoms with Crippen molar-refractivity contribution in [1.82, 2.24) is 24.9 Å². The van der Waals surface area contributed by atoms with Gasteiger partial charge in [-0.05, 0) is 63.9 Å². The standard InChI is InChI=1S/C26H35N7O/c1-28-20-10-11-23-21(18-20)26(34)33(27)25(30-23)8-4-5-13-31-14-16-32(17-15-31)24-12-9-19-6-2-3-7-22(19)29-24/h2-3,6-7,9,12,20,28H,4-5,8,10-11,13-18,27H2,1H3. The minimum Gasteiger partial charge on any atom is -0.354 e. The number of pyridine rings is 1. The molecule has 1 atom stereocenters. The number of nitrogens with zero attached hydrogens (tertiary/aromatic N) is 5. The van der Waals surface area contributed by atoms with Crippen LogP contribution in [0.2, 0.25) is 0 Å². The Kier molecular flexibility index (Phi) is 6.78. The van der Waals surface area contributed by atoms with Crippen LogP contribution in [0.3, 0.4) is 0 Å². The molecule has 2 aliphatic rings. The van der Waals surface area contributed by atoms with Crippen molar-refractivity contribution in [2.24, 2.45) is 0 Å². The number of hydrogen-bond acceptors (Lipinski definition) is 7. The molecule has 5 rings (SSSR count). The van der Waals surface area contributed by atoms with Crippen LogP contribution in [0.5, 0.6) is 0 Å². The topological polar surface area (TPSA) is 92.3 Å². The third-order valence-electron chi connectivity index (χ3n) is 7.36. The molecule has 3 aromatic rings. The molecule has 34 heavy (non-hydrogen) atoms. The Bertz CT molecular complexity index is 1200. The first-order valence-corrected chi connectivity index (χ1v) is 12.5. The van der Waals surface area contributed by atoms with Gasteiger partial charge in [0.2, 0.25) is 0 Å². The van der Waals surface area contributed by atoms with Crippen molar-refractivity contribution in [3.05, 3.63) is 63.8 Å². The number of piperazine rings is 1. The summed E-state index contributed by atoms with van der Waals surface area (Å²) in [4.78, 5) is 27.3. The number of aryl methyl sites for hydroxylation is 2. The number of hydrogen-bond donors (Lipinski definition) is 2. The molecular formula is C26H35N7O. The number of anilines is 1. The smallest absolute Gasteiger partial charge is 0.275 e. The van der Waals surface area contributed by atoms with Crippen LogP contribution in [-0.2, 0) is 19.3 Å². The van der Waals surface area contributed by atoms with E-state index in [-0.39, 0.29) is 5.56 Å². The van der Waals surface area contributed by atoms with Gasteiger partial charge in [-0.1, -0.05) is 18.2 Å². The number of likely N-dealkylation sites (N-methyl/N-ethyl adjacent to an activating group) is 1. The summed E-state index contributed by atoms with van der Waals surface area (Å²) < 4.78 is 1.28. The first-order valence-electron chi connectivity index (χ1n) is 12.5. The molecule has 0 radical (unpaired) electrons. The SMILES string of the molecule is CNC1CCc2nc(CCCCN3CCN(c4ccc5ccccc5n4)CC3)n(N)c(=O)c2C1. The predicted octanol–water partition coefficient (Wildman–Crippen LogP) is 1.73. The molecule has 1 saturated heterocycles. The quantitative estimate of drug-likeness (QED) is 0.409. The second kappa shape index (κ2) is 10.1. The predicted molar refractivity (Wildman–Crippen MR) is 137 cm³/mol. The third kappa shape index (κ3) is 4.79. The molecule has 8 nitrogen and oxygen atoms in total. The van der Waals surface area contributed by atoms with Gasteiger partial charge >= 0.3 is 0 Å². The van der Waals surface area contributed by atoms with E-state index in [9.17, 15) is 4.79 Å². The lowest BCUT2D eigenvalue weighted by atomic mass is 9.92. The van der Waals surface area contributed by atoms with Crippen molar-refractivity contribution >= 4 is 16.7 Å². The van der Waals surface area contributed by atoms with E-state index < -0.39 is 0 Å². The van der Waals surface area contributed by atoms with Crippen LogP contribution < -0.4 is 21.6 Å². The van der Waals surface area contributed by atoms with Crippen molar-refractivity contribution in [2.45, 2.75) is 44.6 Å². The molecule has 8 heteroatoms. The number of nitrogens with one attached hydrogen (secondary N) is 1. The highest BCUT2D eigenvalue weighted by molar-refractivity contribution is 5.80. The van der Waals surface area contributed by atoms with Gasteiger partial charge in [0.05, 0.1) is 11.2 Å². The van der Waals surface area contributed by atoms with Crippen LogP contribution >= 0.6 is 0 Å². The fourth-order valence-electron chi connectivity index (χ4n) is 5.21. The Labute approximate surface area is 200 Å². The van der Waals surface area contributed by atoms with Crippen LogP contribution in [0.4, 0.5) is 5.82 Å². The average molecular weight is 462 g/mol. The Hall–Kier alpha value is -2.97. The molecule has 1 unspecified atom stereocenters. The summed E-state index contributed by atoms with van der Waals surface area (Å²) in [5, 5.41) is 4.45. The van der Waals surface area contributed by atoms with Gasteiger partial charge in [0.15, 0.2) is 0 Å². The number of nitrogens with two attached hydrogens (primary N) is 1. The summed E-state index contributed by atoms with van der Waals surface area (Å²) in [5.74, 6) is 7.91. The maximum Gasteiger partial charge on any atom is 0.275 e. The zero-order valence-electron chi connectivity index (χ0n) is 20.0. The van der Waals surface area contributed by atoms with E-state index in [1.807, 2.05) is 13.1 Å². The Morgan fingerprint density at radius 3 is 2.71 bits per heavy atom. The summed E-state index contributed by atoms with van der Waals surface area (Å²) >= 11 is 0. The summed E-state index contributed by atoms with van der Waals surface area (Å²) in [7, 11) is 1.94. The fraction of sp³-hybridized carbons (Fsp3) is 0.500. The number of unbranched alkanes of at least 4 members (excludes halogenated alkanes) is 1. The van der Waals surface area contributed by atoms with Gasteiger partial charge in [0, 0.05) is 49.6 Å². The minimum atomic E-state index is -0.0710. The number of para-hydroxylation sites is 1. The first-order chi connectivity index (χ1) is 16.6. The van der Waals surface area contributed by atoms with E-state index in [1.165, 1.54) is 10.1 Å². The number of rotatable bonds is 7. The highest BCUT2D eigenvalue weighted by Crippen LogP contribution is 2.20. The molecule has 1 aliphatic carbocycles. The minimum absolute atomic E-state index is 0.0710. The Morgan fingerprint density at radius 1 is 1.06 bits per heavy atom. The average Bonchev–Trinajstić information content (AvgIpc) is 2.89. The van der Waals surface area contributed by atoms with E-state index >= 15 is 0 Å². The third-order valence-corrected chi connectivity index (χ3v) is 7.36. The lowest BCUT2D eigenvalue weighted by molar-refractivity contribution is 0.252. The molecule has 1 aliphatic heterocycles. The molecular weight excluding hydrogens is 426 g/mol. The highest BCUT2D eigenvalue weighted by atomic mass is 16.1. The molecule has 2 aromatic heterocycles. The fourth-order valence-corrected chi connectivity index (χ4v) is 5.21. The monoisotopic (exact) mass is 461 g/mol. The van der Waals surface area contributed by atoms with E-state index in [2.05, 4.69) is 45.4 Å². The van der Waals surface area contributed by atoms with Gasteiger partial charge in [0.1, 0.15) is 11.6 Å².